The number of anilines is 2. The maximum Gasteiger partial charge on any atom is 0.168 e. The zero-order chi connectivity index (χ0) is 26.4. The molecule has 6 aromatic rings. The normalized spacial score (nSPS) is 13.1. The fourth-order valence-corrected chi connectivity index (χ4v) is 5.72. The highest BCUT2D eigenvalue weighted by atomic mass is 15.3. The minimum Gasteiger partial charge on any atom is -0.356 e. The molecule has 0 radical (unpaired) electrons. The van der Waals surface area contributed by atoms with Crippen molar-refractivity contribution in [2.75, 3.05) is 5.32 Å². The van der Waals surface area contributed by atoms with E-state index in [0.29, 0.717) is 0 Å². The molecule has 1 heterocycles. The van der Waals surface area contributed by atoms with Crippen LogP contribution in [0.25, 0.3) is 39.6 Å². The Bertz CT molecular complexity index is 1730. The van der Waals surface area contributed by atoms with Crippen molar-refractivity contribution < 1.29 is 0 Å². The Labute approximate surface area is 228 Å². The molecule has 5 aromatic carbocycles. The Hall–Kier alpha value is -4.96. The fraction of sp³-hybridized carbons (Fsp3) is 0.0857. The molecule has 0 bridgehead atoms. The molecule has 0 amide bonds. The average molecular weight is 505 g/mol. The molecule has 39 heavy (non-hydrogen) atoms. The summed E-state index contributed by atoms with van der Waals surface area (Å²) >= 11 is 0. The SMILES string of the molecule is CC1(C)c2ccccc2-c2ccc(Nc3ccc(-n4c(-c5ccccc5)nnc4-c4ccccc4)cc3)cc21. The molecule has 0 fully saturated rings. The summed E-state index contributed by atoms with van der Waals surface area (Å²) in [6.45, 7) is 4.62. The van der Waals surface area contributed by atoms with Crippen molar-refractivity contribution in [3.8, 4) is 39.6 Å². The van der Waals surface area contributed by atoms with E-state index >= 15 is 0 Å². The molecule has 0 atom stereocenters. The first kappa shape index (κ1) is 23.2. The van der Waals surface area contributed by atoms with Crippen molar-refractivity contribution in [1.82, 2.24) is 14.8 Å². The summed E-state index contributed by atoms with van der Waals surface area (Å²) in [5, 5.41) is 12.8. The number of rotatable bonds is 5. The van der Waals surface area contributed by atoms with Gasteiger partial charge < -0.3 is 5.32 Å². The lowest BCUT2D eigenvalue weighted by atomic mass is 9.82. The van der Waals surface area contributed by atoms with Crippen LogP contribution in [0.4, 0.5) is 11.4 Å². The van der Waals surface area contributed by atoms with E-state index in [9.17, 15) is 0 Å². The van der Waals surface area contributed by atoms with Crippen molar-refractivity contribution in [2.24, 2.45) is 0 Å². The van der Waals surface area contributed by atoms with Crippen molar-refractivity contribution in [3.63, 3.8) is 0 Å². The molecule has 188 valence electrons. The quantitative estimate of drug-likeness (QED) is 0.255. The Morgan fingerprint density at radius 3 is 1.72 bits per heavy atom. The number of benzene rings is 5. The zero-order valence-electron chi connectivity index (χ0n) is 22.0. The van der Waals surface area contributed by atoms with E-state index < -0.39 is 0 Å². The van der Waals surface area contributed by atoms with Crippen molar-refractivity contribution in [2.45, 2.75) is 19.3 Å². The minimum atomic E-state index is -0.0242. The second-order valence-corrected chi connectivity index (χ2v) is 10.5. The lowest BCUT2D eigenvalue weighted by molar-refractivity contribution is 0.660. The smallest absolute Gasteiger partial charge is 0.168 e. The van der Waals surface area contributed by atoms with Crippen LogP contribution in [-0.2, 0) is 5.41 Å². The molecule has 0 spiro atoms. The van der Waals surface area contributed by atoms with Gasteiger partial charge in [-0.2, -0.15) is 0 Å². The van der Waals surface area contributed by atoms with E-state index in [0.717, 1.165) is 39.8 Å². The molecular formula is C35H28N4. The highest BCUT2D eigenvalue weighted by Crippen LogP contribution is 2.49. The Kier molecular flexibility index (Phi) is 5.41. The van der Waals surface area contributed by atoms with Gasteiger partial charge in [0.1, 0.15) is 0 Å². The molecule has 1 aromatic heterocycles. The molecule has 0 saturated carbocycles. The van der Waals surface area contributed by atoms with E-state index in [2.05, 4.69) is 125 Å². The van der Waals surface area contributed by atoms with Crippen LogP contribution in [-0.4, -0.2) is 14.8 Å². The second kappa shape index (κ2) is 9.10. The van der Waals surface area contributed by atoms with Crippen molar-refractivity contribution >= 4 is 11.4 Å². The highest BCUT2D eigenvalue weighted by molar-refractivity contribution is 5.83. The van der Waals surface area contributed by atoms with Gasteiger partial charge in [0.2, 0.25) is 0 Å². The Morgan fingerprint density at radius 1 is 0.538 bits per heavy atom. The largest absolute Gasteiger partial charge is 0.356 e. The molecular weight excluding hydrogens is 476 g/mol. The van der Waals surface area contributed by atoms with Gasteiger partial charge in [0.05, 0.1) is 0 Å². The molecule has 4 heteroatoms. The second-order valence-electron chi connectivity index (χ2n) is 10.5. The maximum absolute atomic E-state index is 4.59. The average Bonchev–Trinajstić information content (AvgIpc) is 3.52. The molecule has 4 nitrogen and oxygen atoms in total. The first-order chi connectivity index (χ1) is 19.1. The van der Waals surface area contributed by atoms with Crippen LogP contribution < -0.4 is 5.32 Å². The van der Waals surface area contributed by atoms with Gasteiger partial charge in [0.15, 0.2) is 11.6 Å². The predicted molar refractivity (Wildman–Crippen MR) is 160 cm³/mol. The van der Waals surface area contributed by atoms with Crippen LogP contribution in [0.5, 0.6) is 0 Å². The third-order valence-corrected chi connectivity index (χ3v) is 7.72. The molecule has 0 aliphatic heterocycles. The zero-order valence-corrected chi connectivity index (χ0v) is 22.0. The molecule has 7 rings (SSSR count). The van der Waals surface area contributed by atoms with Gasteiger partial charge in [-0.15, -0.1) is 10.2 Å². The van der Waals surface area contributed by atoms with E-state index in [1.807, 2.05) is 36.4 Å². The van der Waals surface area contributed by atoms with Crippen LogP contribution in [0.2, 0.25) is 0 Å². The molecule has 1 aliphatic carbocycles. The Balaban J connectivity index is 1.23. The van der Waals surface area contributed by atoms with E-state index in [1.54, 1.807) is 0 Å². The minimum absolute atomic E-state index is 0.0242. The first-order valence-electron chi connectivity index (χ1n) is 13.3. The van der Waals surface area contributed by atoms with Gasteiger partial charge in [0, 0.05) is 33.6 Å². The first-order valence-corrected chi connectivity index (χ1v) is 13.3. The molecule has 1 N–H and O–H groups in total. The van der Waals surface area contributed by atoms with E-state index in [-0.39, 0.29) is 5.41 Å². The number of hydrogen-bond donors (Lipinski definition) is 1. The van der Waals surface area contributed by atoms with Crippen LogP contribution in [0.1, 0.15) is 25.0 Å². The summed E-state index contributed by atoms with van der Waals surface area (Å²) in [6, 6.07) is 44.3. The number of fused-ring (bicyclic) bond motifs is 3. The molecule has 0 saturated heterocycles. The monoisotopic (exact) mass is 504 g/mol. The van der Waals surface area contributed by atoms with Crippen LogP contribution in [0.15, 0.2) is 127 Å². The fourth-order valence-electron chi connectivity index (χ4n) is 5.72. The summed E-state index contributed by atoms with van der Waals surface area (Å²) in [5.41, 5.74) is 10.6. The summed E-state index contributed by atoms with van der Waals surface area (Å²) in [5.74, 6) is 1.63. The van der Waals surface area contributed by atoms with Gasteiger partial charge in [-0.3, -0.25) is 4.57 Å². The van der Waals surface area contributed by atoms with Crippen molar-refractivity contribution in [3.05, 3.63) is 139 Å². The van der Waals surface area contributed by atoms with E-state index in [4.69, 9.17) is 0 Å². The van der Waals surface area contributed by atoms with Crippen LogP contribution in [0, 0.1) is 0 Å². The van der Waals surface area contributed by atoms with Crippen molar-refractivity contribution in [1.29, 1.82) is 0 Å². The Morgan fingerprint density at radius 2 is 1.08 bits per heavy atom. The lowest BCUT2D eigenvalue weighted by Gasteiger charge is -2.22. The summed E-state index contributed by atoms with van der Waals surface area (Å²) in [7, 11) is 0. The van der Waals surface area contributed by atoms with Gasteiger partial charge in [-0.05, 0) is 58.7 Å². The van der Waals surface area contributed by atoms with Crippen LogP contribution >= 0.6 is 0 Å². The maximum atomic E-state index is 4.59. The lowest BCUT2D eigenvalue weighted by Crippen LogP contribution is -2.15. The number of nitrogens with one attached hydrogen (secondary N) is 1. The topological polar surface area (TPSA) is 42.7 Å². The predicted octanol–water partition coefficient (Wildman–Crippen LogP) is 8.65. The van der Waals surface area contributed by atoms with E-state index in [1.165, 1.54) is 22.3 Å². The standard InChI is InChI=1S/C35H28N4/c1-35(2)31-16-10-9-15-29(31)30-22-19-27(23-32(30)35)36-26-17-20-28(21-18-26)39-33(24-11-5-3-6-12-24)37-38-34(39)25-13-7-4-8-14-25/h3-23,36H,1-2H3. The van der Waals surface area contributed by atoms with Gasteiger partial charge in [0.25, 0.3) is 0 Å². The molecule has 1 aliphatic rings. The number of hydrogen-bond acceptors (Lipinski definition) is 3. The summed E-state index contributed by atoms with van der Waals surface area (Å²) in [4.78, 5) is 0. The number of aromatic nitrogens is 3. The van der Waals surface area contributed by atoms with Gasteiger partial charge in [-0.1, -0.05) is 105 Å². The summed E-state index contributed by atoms with van der Waals surface area (Å²) < 4.78 is 2.13. The van der Waals surface area contributed by atoms with Gasteiger partial charge in [-0.25, -0.2) is 0 Å². The third-order valence-electron chi connectivity index (χ3n) is 7.72. The summed E-state index contributed by atoms with van der Waals surface area (Å²) in [6.07, 6.45) is 0. The van der Waals surface area contributed by atoms with Crippen LogP contribution in [0.3, 0.4) is 0 Å². The molecule has 0 unspecified atom stereocenters. The third kappa shape index (κ3) is 3.93. The number of nitrogens with zero attached hydrogens (tertiary/aromatic N) is 3. The van der Waals surface area contributed by atoms with Gasteiger partial charge >= 0.3 is 0 Å². The highest BCUT2D eigenvalue weighted by Gasteiger charge is 2.35.